The molecule has 0 amide bonds. The van der Waals surface area contributed by atoms with E-state index in [1.807, 2.05) is 31.2 Å². The van der Waals surface area contributed by atoms with E-state index in [0.717, 1.165) is 22.2 Å². The zero-order chi connectivity index (χ0) is 19.8. The third-order valence-electron chi connectivity index (χ3n) is 4.60. The SMILES string of the molecule is Cc1[nH]c2ccccc2c1-c1ncc(C(=O)c2cc(Cl)ccc2O)cc1C#N. The quantitative estimate of drug-likeness (QED) is 0.484. The molecule has 136 valence electrons. The maximum Gasteiger partial charge on any atom is 0.198 e. The van der Waals surface area contributed by atoms with Crippen molar-refractivity contribution in [3.8, 4) is 23.1 Å². The fourth-order valence-electron chi connectivity index (χ4n) is 3.30. The van der Waals surface area contributed by atoms with Gasteiger partial charge in [0.05, 0.1) is 16.8 Å². The highest BCUT2D eigenvalue weighted by Crippen LogP contribution is 2.33. The lowest BCUT2D eigenvalue weighted by atomic mass is 9.98. The molecule has 0 radical (unpaired) electrons. The molecule has 0 aliphatic rings. The van der Waals surface area contributed by atoms with E-state index >= 15 is 0 Å². The number of phenolic OH excluding ortho intramolecular Hbond substituents is 1. The summed E-state index contributed by atoms with van der Waals surface area (Å²) in [6.07, 6.45) is 1.42. The Morgan fingerprint density at radius 1 is 1.21 bits per heavy atom. The standard InChI is InChI=1S/C22H14ClN3O2/c1-12-20(16-4-2-3-5-18(16)26-12)21-13(10-24)8-14(11-25-21)22(28)17-9-15(23)6-7-19(17)27/h2-9,11,26-27H,1H3. The average molecular weight is 388 g/mol. The molecular weight excluding hydrogens is 374 g/mol. The first kappa shape index (κ1) is 17.8. The number of aromatic hydroxyl groups is 1. The molecule has 0 saturated carbocycles. The van der Waals surface area contributed by atoms with Crippen molar-refractivity contribution in [1.82, 2.24) is 9.97 Å². The van der Waals surface area contributed by atoms with Crippen molar-refractivity contribution in [2.75, 3.05) is 0 Å². The molecule has 6 heteroatoms. The first-order valence-corrected chi connectivity index (χ1v) is 8.88. The van der Waals surface area contributed by atoms with Crippen molar-refractivity contribution in [3.63, 3.8) is 0 Å². The summed E-state index contributed by atoms with van der Waals surface area (Å²) in [7, 11) is 0. The van der Waals surface area contributed by atoms with Crippen LogP contribution in [0.2, 0.25) is 5.02 Å². The van der Waals surface area contributed by atoms with Crippen LogP contribution in [0, 0.1) is 18.3 Å². The van der Waals surface area contributed by atoms with Crippen LogP contribution in [0.1, 0.15) is 27.2 Å². The van der Waals surface area contributed by atoms with E-state index in [1.54, 1.807) is 0 Å². The van der Waals surface area contributed by atoms with Crippen LogP contribution in [0.5, 0.6) is 5.75 Å². The van der Waals surface area contributed by atoms with E-state index in [-0.39, 0.29) is 22.4 Å². The Kier molecular flexibility index (Phi) is 4.34. The topological polar surface area (TPSA) is 89.8 Å². The number of H-pyrrole nitrogens is 1. The lowest BCUT2D eigenvalue weighted by Crippen LogP contribution is -2.04. The van der Waals surface area contributed by atoms with Gasteiger partial charge in [-0.15, -0.1) is 0 Å². The van der Waals surface area contributed by atoms with Crippen molar-refractivity contribution < 1.29 is 9.90 Å². The van der Waals surface area contributed by atoms with Crippen LogP contribution in [-0.4, -0.2) is 20.9 Å². The summed E-state index contributed by atoms with van der Waals surface area (Å²) in [5.41, 5.74) is 3.72. The Hall–Kier alpha value is -3.62. The minimum Gasteiger partial charge on any atom is -0.507 e. The predicted octanol–water partition coefficient (Wildman–Crippen LogP) is 5.00. The van der Waals surface area contributed by atoms with Gasteiger partial charge in [0, 0.05) is 38.9 Å². The lowest BCUT2D eigenvalue weighted by molar-refractivity contribution is 0.103. The molecule has 0 unspecified atom stereocenters. The zero-order valence-electron chi connectivity index (χ0n) is 14.8. The number of hydrogen-bond donors (Lipinski definition) is 2. The van der Waals surface area contributed by atoms with E-state index in [1.165, 1.54) is 30.5 Å². The molecule has 0 saturated heterocycles. The highest BCUT2D eigenvalue weighted by Gasteiger charge is 2.20. The molecule has 0 fully saturated rings. The van der Waals surface area contributed by atoms with Gasteiger partial charge in [0.25, 0.3) is 0 Å². The fraction of sp³-hybridized carbons (Fsp3) is 0.0455. The lowest BCUT2D eigenvalue weighted by Gasteiger charge is -2.08. The number of benzene rings is 2. The number of nitrogens with one attached hydrogen (secondary N) is 1. The van der Waals surface area contributed by atoms with Gasteiger partial charge >= 0.3 is 0 Å². The number of fused-ring (bicyclic) bond motifs is 1. The van der Waals surface area contributed by atoms with Crippen LogP contribution >= 0.6 is 11.6 Å². The number of aromatic nitrogens is 2. The number of nitriles is 1. The van der Waals surface area contributed by atoms with Gasteiger partial charge in [0.2, 0.25) is 0 Å². The number of carbonyl (C=O) groups is 1. The van der Waals surface area contributed by atoms with Crippen LogP contribution in [0.4, 0.5) is 0 Å². The second-order valence-electron chi connectivity index (χ2n) is 6.39. The van der Waals surface area contributed by atoms with Gasteiger partial charge in [-0.05, 0) is 37.3 Å². The summed E-state index contributed by atoms with van der Waals surface area (Å²) >= 11 is 5.94. The van der Waals surface area contributed by atoms with Gasteiger partial charge in [0.15, 0.2) is 5.78 Å². The molecule has 0 aliphatic heterocycles. The predicted molar refractivity (Wildman–Crippen MR) is 108 cm³/mol. The van der Waals surface area contributed by atoms with Crippen molar-refractivity contribution in [2.24, 2.45) is 0 Å². The van der Waals surface area contributed by atoms with Crippen LogP contribution in [-0.2, 0) is 0 Å². The molecule has 2 aromatic heterocycles. The number of halogens is 1. The maximum atomic E-state index is 12.8. The Morgan fingerprint density at radius 2 is 2.00 bits per heavy atom. The highest BCUT2D eigenvalue weighted by atomic mass is 35.5. The van der Waals surface area contributed by atoms with E-state index in [9.17, 15) is 15.2 Å². The van der Waals surface area contributed by atoms with E-state index in [2.05, 4.69) is 16.0 Å². The Morgan fingerprint density at radius 3 is 2.79 bits per heavy atom. The fourth-order valence-corrected chi connectivity index (χ4v) is 3.47. The second-order valence-corrected chi connectivity index (χ2v) is 6.83. The summed E-state index contributed by atoms with van der Waals surface area (Å²) in [6.45, 7) is 1.92. The maximum absolute atomic E-state index is 12.8. The van der Waals surface area contributed by atoms with Gasteiger partial charge in [-0.25, -0.2) is 0 Å². The van der Waals surface area contributed by atoms with Crippen LogP contribution in [0.25, 0.3) is 22.2 Å². The number of carbonyl (C=O) groups excluding carboxylic acids is 1. The number of aromatic amines is 1. The molecule has 0 bridgehead atoms. The van der Waals surface area contributed by atoms with Crippen molar-refractivity contribution >= 4 is 28.3 Å². The average Bonchev–Trinajstić information content (AvgIpc) is 3.04. The number of pyridine rings is 1. The number of para-hydroxylation sites is 1. The molecular formula is C22H14ClN3O2. The second kappa shape index (κ2) is 6.84. The van der Waals surface area contributed by atoms with Crippen molar-refractivity contribution in [3.05, 3.63) is 82.1 Å². The summed E-state index contributed by atoms with van der Waals surface area (Å²) in [5, 5.41) is 20.9. The number of nitrogens with zero attached hydrogens (tertiary/aromatic N) is 2. The third-order valence-corrected chi connectivity index (χ3v) is 4.84. The van der Waals surface area contributed by atoms with Gasteiger partial charge in [0.1, 0.15) is 11.8 Å². The van der Waals surface area contributed by atoms with Gasteiger partial charge in [-0.3, -0.25) is 9.78 Å². The molecule has 0 atom stereocenters. The van der Waals surface area contributed by atoms with Crippen LogP contribution in [0.3, 0.4) is 0 Å². The minimum absolute atomic E-state index is 0.0641. The molecule has 4 aromatic rings. The molecule has 28 heavy (non-hydrogen) atoms. The Labute approximate surface area is 165 Å². The molecule has 0 aliphatic carbocycles. The highest BCUT2D eigenvalue weighted by molar-refractivity contribution is 6.31. The summed E-state index contributed by atoms with van der Waals surface area (Å²) in [6, 6.07) is 15.6. The number of phenols is 1. The molecule has 2 aromatic carbocycles. The van der Waals surface area contributed by atoms with E-state index < -0.39 is 5.78 Å². The number of rotatable bonds is 3. The van der Waals surface area contributed by atoms with Gasteiger partial charge in [-0.2, -0.15) is 5.26 Å². The molecule has 5 nitrogen and oxygen atoms in total. The Balaban J connectivity index is 1.85. The monoisotopic (exact) mass is 387 g/mol. The normalized spacial score (nSPS) is 10.8. The molecule has 2 N–H and O–H groups in total. The molecule has 4 rings (SSSR count). The summed E-state index contributed by atoms with van der Waals surface area (Å²) in [5.74, 6) is -0.629. The van der Waals surface area contributed by atoms with Crippen LogP contribution in [0.15, 0.2) is 54.7 Å². The smallest absolute Gasteiger partial charge is 0.198 e. The van der Waals surface area contributed by atoms with Crippen molar-refractivity contribution in [2.45, 2.75) is 6.92 Å². The van der Waals surface area contributed by atoms with Gasteiger partial charge < -0.3 is 10.1 Å². The largest absolute Gasteiger partial charge is 0.507 e. The third kappa shape index (κ3) is 2.90. The number of hydrogen-bond acceptors (Lipinski definition) is 4. The summed E-state index contributed by atoms with van der Waals surface area (Å²) < 4.78 is 0. The van der Waals surface area contributed by atoms with Crippen LogP contribution < -0.4 is 0 Å². The first-order valence-electron chi connectivity index (χ1n) is 8.50. The first-order chi connectivity index (χ1) is 13.5. The number of ketones is 1. The zero-order valence-corrected chi connectivity index (χ0v) is 15.6. The Bertz CT molecular complexity index is 1280. The number of aryl methyl sites for hydroxylation is 1. The van der Waals surface area contributed by atoms with Gasteiger partial charge in [-0.1, -0.05) is 29.8 Å². The molecule has 2 heterocycles. The molecule has 0 spiro atoms. The minimum atomic E-state index is -0.453. The van der Waals surface area contributed by atoms with E-state index in [0.29, 0.717) is 10.7 Å². The van der Waals surface area contributed by atoms with E-state index in [4.69, 9.17) is 11.6 Å². The van der Waals surface area contributed by atoms with Crippen molar-refractivity contribution in [1.29, 1.82) is 5.26 Å². The summed E-state index contributed by atoms with van der Waals surface area (Å²) in [4.78, 5) is 20.5.